The predicted octanol–water partition coefficient (Wildman–Crippen LogP) is 1.13. The highest BCUT2D eigenvalue weighted by molar-refractivity contribution is 5.76. The lowest BCUT2D eigenvalue weighted by Gasteiger charge is -1.89. The van der Waals surface area contributed by atoms with Gasteiger partial charge in [-0.15, -0.1) is 0 Å². The molecule has 68 valence electrons. The highest BCUT2D eigenvalue weighted by atomic mass is 16.3. The number of anilines is 1. The van der Waals surface area contributed by atoms with Crippen molar-refractivity contribution < 1.29 is 4.42 Å². The van der Waals surface area contributed by atoms with Gasteiger partial charge in [-0.25, -0.2) is 4.98 Å². The summed E-state index contributed by atoms with van der Waals surface area (Å²) in [4.78, 5) is 4.26. The van der Waals surface area contributed by atoms with Gasteiger partial charge in [0.1, 0.15) is 5.52 Å². The molecule has 1 heterocycles. The second-order valence-corrected chi connectivity index (χ2v) is 2.87. The van der Waals surface area contributed by atoms with E-state index in [4.69, 9.17) is 10.2 Å². The molecule has 2 rings (SSSR count). The maximum atomic E-state index is 5.60. The first-order valence-corrected chi connectivity index (χ1v) is 4.09. The van der Waals surface area contributed by atoms with Crippen molar-refractivity contribution in [1.82, 2.24) is 10.3 Å². The van der Waals surface area contributed by atoms with Crippen LogP contribution >= 0.6 is 0 Å². The number of rotatable bonds is 2. The van der Waals surface area contributed by atoms with E-state index in [0.717, 1.165) is 11.1 Å². The van der Waals surface area contributed by atoms with Gasteiger partial charge in [-0.2, -0.15) is 0 Å². The summed E-state index contributed by atoms with van der Waals surface area (Å²) in [6, 6.07) is 5.45. The van der Waals surface area contributed by atoms with Gasteiger partial charge in [0.25, 0.3) is 0 Å². The first-order chi connectivity index (χ1) is 6.29. The summed E-state index contributed by atoms with van der Waals surface area (Å²) in [5.74, 6) is 0.683. The minimum Gasteiger partial charge on any atom is -0.439 e. The second kappa shape index (κ2) is 3.06. The summed E-state index contributed by atoms with van der Waals surface area (Å²) in [5.41, 5.74) is 7.89. The summed E-state index contributed by atoms with van der Waals surface area (Å²) >= 11 is 0. The SMILES string of the molecule is CNCc1nc2ccc(N)cc2o1. The Morgan fingerprint density at radius 2 is 2.38 bits per heavy atom. The molecule has 0 aliphatic carbocycles. The molecule has 0 aliphatic rings. The molecule has 0 aliphatic heterocycles. The van der Waals surface area contributed by atoms with Crippen LogP contribution in [0.5, 0.6) is 0 Å². The molecule has 1 aromatic heterocycles. The Morgan fingerprint density at radius 1 is 1.54 bits per heavy atom. The number of nitrogens with one attached hydrogen (secondary N) is 1. The highest BCUT2D eigenvalue weighted by Crippen LogP contribution is 2.17. The third-order valence-corrected chi connectivity index (χ3v) is 1.78. The van der Waals surface area contributed by atoms with Gasteiger partial charge >= 0.3 is 0 Å². The van der Waals surface area contributed by atoms with E-state index in [-0.39, 0.29) is 0 Å². The first kappa shape index (κ1) is 8.07. The van der Waals surface area contributed by atoms with E-state index in [1.807, 2.05) is 19.2 Å². The molecule has 2 aromatic rings. The minimum atomic E-state index is 0.634. The molecule has 0 saturated heterocycles. The van der Waals surface area contributed by atoms with Crippen molar-refractivity contribution in [2.75, 3.05) is 12.8 Å². The van der Waals surface area contributed by atoms with Crippen LogP contribution in [0, 0.1) is 0 Å². The standard InChI is InChI=1S/C9H11N3O/c1-11-5-9-12-7-3-2-6(10)4-8(7)13-9/h2-4,11H,5,10H2,1H3. The number of nitrogens with zero attached hydrogens (tertiary/aromatic N) is 1. The summed E-state index contributed by atoms with van der Waals surface area (Å²) in [6.45, 7) is 0.634. The number of aromatic nitrogens is 1. The molecule has 4 nitrogen and oxygen atoms in total. The quantitative estimate of drug-likeness (QED) is 0.675. The highest BCUT2D eigenvalue weighted by Gasteiger charge is 2.03. The number of nitrogen functional groups attached to an aromatic ring is 1. The third-order valence-electron chi connectivity index (χ3n) is 1.78. The number of fused-ring (bicyclic) bond motifs is 1. The Bertz CT molecular complexity index is 422. The lowest BCUT2D eigenvalue weighted by Crippen LogP contribution is -2.04. The molecule has 4 heteroatoms. The zero-order valence-electron chi connectivity index (χ0n) is 7.37. The summed E-state index contributed by atoms with van der Waals surface area (Å²) in [6.07, 6.45) is 0. The van der Waals surface area contributed by atoms with Crippen LogP contribution in [0.3, 0.4) is 0 Å². The van der Waals surface area contributed by atoms with Crippen molar-refractivity contribution in [3.63, 3.8) is 0 Å². The van der Waals surface area contributed by atoms with Crippen molar-refractivity contribution in [1.29, 1.82) is 0 Å². The van der Waals surface area contributed by atoms with Crippen molar-refractivity contribution in [2.24, 2.45) is 0 Å². The van der Waals surface area contributed by atoms with Gasteiger partial charge in [0, 0.05) is 11.8 Å². The van der Waals surface area contributed by atoms with Gasteiger partial charge in [-0.05, 0) is 19.2 Å². The fourth-order valence-electron chi connectivity index (χ4n) is 1.22. The van der Waals surface area contributed by atoms with E-state index in [0.29, 0.717) is 18.1 Å². The zero-order chi connectivity index (χ0) is 9.26. The van der Waals surface area contributed by atoms with Gasteiger partial charge in [0.15, 0.2) is 5.58 Å². The van der Waals surface area contributed by atoms with E-state index < -0.39 is 0 Å². The molecule has 13 heavy (non-hydrogen) atoms. The fourth-order valence-corrected chi connectivity index (χ4v) is 1.22. The maximum absolute atomic E-state index is 5.60. The lowest BCUT2D eigenvalue weighted by atomic mass is 10.3. The molecular weight excluding hydrogens is 166 g/mol. The number of hydrogen-bond acceptors (Lipinski definition) is 4. The monoisotopic (exact) mass is 177 g/mol. The number of nitrogens with two attached hydrogens (primary N) is 1. The molecule has 0 fully saturated rings. The van der Waals surface area contributed by atoms with Gasteiger partial charge in [0.2, 0.25) is 5.89 Å². The average molecular weight is 177 g/mol. The van der Waals surface area contributed by atoms with Crippen LogP contribution in [0.1, 0.15) is 5.89 Å². The molecule has 0 amide bonds. The van der Waals surface area contributed by atoms with Gasteiger partial charge in [0.05, 0.1) is 6.54 Å². The van der Waals surface area contributed by atoms with E-state index >= 15 is 0 Å². The number of hydrogen-bond donors (Lipinski definition) is 2. The van der Waals surface area contributed by atoms with Crippen molar-refractivity contribution in [2.45, 2.75) is 6.54 Å². The normalized spacial score (nSPS) is 10.8. The van der Waals surface area contributed by atoms with Crippen LogP contribution < -0.4 is 11.1 Å². The summed E-state index contributed by atoms with van der Waals surface area (Å²) < 4.78 is 5.44. The molecular formula is C9H11N3O. The van der Waals surface area contributed by atoms with Crippen molar-refractivity contribution in [3.8, 4) is 0 Å². The van der Waals surface area contributed by atoms with Crippen LogP contribution in [0.4, 0.5) is 5.69 Å². The zero-order valence-corrected chi connectivity index (χ0v) is 7.37. The van der Waals surface area contributed by atoms with Gasteiger partial charge in [-0.1, -0.05) is 0 Å². The Hall–Kier alpha value is -1.55. The van der Waals surface area contributed by atoms with Crippen LogP contribution in [-0.2, 0) is 6.54 Å². The Labute approximate surface area is 75.7 Å². The molecule has 0 bridgehead atoms. The fraction of sp³-hybridized carbons (Fsp3) is 0.222. The summed E-state index contributed by atoms with van der Waals surface area (Å²) in [5, 5.41) is 2.97. The van der Waals surface area contributed by atoms with E-state index in [2.05, 4.69) is 10.3 Å². The summed E-state index contributed by atoms with van der Waals surface area (Å²) in [7, 11) is 1.85. The topological polar surface area (TPSA) is 64.1 Å². The van der Waals surface area contributed by atoms with Gasteiger partial charge in [-0.3, -0.25) is 0 Å². The molecule has 1 aromatic carbocycles. The van der Waals surface area contributed by atoms with Crippen LogP contribution in [-0.4, -0.2) is 12.0 Å². The van der Waals surface area contributed by atoms with E-state index in [1.165, 1.54) is 0 Å². The average Bonchev–Trinajstić information content (AvgIpc) is 2.46. The molecule has 0 radical (unpaired) electrons. The Balaban J connectivity index is 2.49. The third kappa shape index (κ3) is 1.48. The molecule has 0 saturated carbocycles. The van der Waals surface area contributed by atoms with Crippen LogP contribution in [0.25, 0.3) is 11.1 Å². The Morgan fingerprint density at radius 3 is 3.15 bits per heavy atom. The van der Waals surface area contributed by atoms with Gasteiger partial charge < -0.3 is 15.5 Å². The smallest absolute Gasteiger partial charge is 0.209 e. The maximum Gasteiger partial charge on any atom is 0.209 e. The van der Waals surface area contributed by atoms with E-state index in [1.54, 1.807) is 6.07 Å². The number of oxazole rings is 1. The molecule has 0 atom stereocenters. The second-order valence-electron chi connectivity index (χ2n) is 2.87. The molecule has 0 spiro atoms. The predicted molar refractivity (Wildman–Crippen MR) is 51.2 cm³/mol. The first-order valence-electron chi connectivity index (χ1n) is 4.09. The van der Waals surface area contributed by atoms with Crippen molar-refractivity contribution >= 4 is 16.8 Å². The number of benzene rings is 1. The largest absolute Gasteiger partial charge is 0.439 e. The van der Waals surface area contributed by atoms with Crippen molar-refractivity contribution in [3.05, 3.63) is 24.1 Å². The van der Waals surface area contributed by atoms with Crippen LogP contribution in [0.2, 0.25) is 0 Å². The minimum absolute atomic E-state index is 0.634. The Kier molecular flexibility index (Phi) is 1.90. The molecule has 3 N–H and O–H groups in total. The van der Waals surface area contributed by atoms with E-state index in [9.17, 15) is 0 Å². The lowest BCUT2D eigenvalue weighted by molar-refractivity contribution is 0.511. The molecule has 0 unspecified atom stereocenters. The van der Waals surface area contributed by atoms with Crippen LogP contribution in [0.15, 0.2) is 22.6 Å².